The topological polar surface area (TPSA) is 93.1 Å². The first-order chi connectivity index (χ1) is 24.0. The highest BCUT2D eigenvalue weighted by Gasteiger charge is 2.11. The molecule has 0 spiro atoms. The summed E-state index contributed by atoms with van der Waals surface area (Å²) in [7, 11) is 0. The largest absolute Gasteiger partial charge is 0.463 e. The van der Waals surface area contributed by atoms with E-state index in [1.807, 2.05) is 30.4 Å². The normalized spacial score (nSPS) is 13.6. The smallest absolute Gasteiger partial charge is 0.306 e. The fraction of sp³-hybridized carbons (Fsp3) is 0.674. The van der Waals surface area contributed by atoms with Crippen molar-refractivity contribution in [3.05, 3.63) is 72.9 Å². The van der Waals surface area contributed by atoms with Gasteiger partial charge in [-0.25, -0.2) is 0 Å². The maximum Gasteiger partial charge on any atom is 0.306 e. The van der Waals surface area contributed by atoms with Crippen LogP contribution in [0.1, 0.15) is 162 Å². The second-order valence-electron chi connectivity index (χ2n) is 12.9. The molecule has 0 heterocycles. The van der Waals surface area contributed by atoms with Crippen LogP contribution >= 0.6 is 0 Å². The second-order valence-corrected chi connectivity index (χ2v) is 12.9. The molecule has 0 aliphatic heterocycles. The molecule has 0 saturated carbocycles. The number of allylic oxidation sites excluding steroid dienone is 10. The van der Waals surface area contributed by atoms with E-state index in [-0.39, 0.29) is 25.6 Å². The number of aliphatic hydroxyl groups excluding tert-OH is 2. The molecular formula is C43H72O6. The summed E-state index contributed by atoms with van der Waals surface area (Å²) in [5, 5.41) is 20.1. The van der Waals surface area contributed by atoms with E-state index < -0.39 is 18.2 Å². The van der Waals surface area contributed by atoms with Crippen LogP contribution in [0.15, 0.2) is 72.9 Å². The van der Waals surface area contributed by atoms with Gasteiger partial charge in [-0.1, -0.05) is 177 Å². The molecular weight excluding hydrogens is 612 g/mol. The van der Waals surface area contributed by atoms with Crippen LogP contribution in [0.4, 0.5) is 0 Å². The first-order valence-electron chi connectivity index (χ1n) is 19.6. The highest BCUT2D eigenvalue weighted by atomic mass is 16.6. The molecule has 0 aromatic rings. The van der Waals surface area contributed by atoms with Crippen molar-refractivity contribution >= 4 is 11.9 Å². The summed E-state index contributed by atoms with van der Waals surface area (Å²) in [6, 6.07) is 0. The molecule has 2 N–H and O–H groups in total. The van der Waals surface area contributed by atoms with E-state index in [9.17, 15) is 19.8 Å². The lowest BCUT2D eigenvalue weighted by atomic mass is 10.0. The fourth-order valence-corrected chi connectivity index (χ4v) is 5.08. The van der Waals surface area contributed by atoms with Crippen LogP contribution < -0.4 is 0 Å². The van der Waals surface area contributed by atoms with Gasteiger partial charge in [-0.15, -0.1) is 0 Å². The summed E-state index contributed by atoms with van der Waals surface area (Å²) in [6.45, 7) is 4.03. The summed E-state index contributed by atoms with van der Waals surface area (Å²) >= 11 is 0. The first kappa shape index (κ1) is 46.3. The van der Waals surface area contributed by atoms with E-state index >= 15 is 0 Å². The number of carbonyl (C=O) groups is 2. The van der Waals surface area contributed by atoms with Gasteiger partial charge >= 0.3 is 11.9 Å². The molecule has 0 rings (SSSR count). The predicted octanol–water partition coefficient (Wildman–Crippen LogP) is 11.1. The summed E-state index contributed by atoms with van der Waals surface area (Å²) < 4.78 is 10.2. The third-order valence-corrected chi connectivity index (χ3v) is 8.05. The van der Waals surface area contributed by atoms with Crippen molar-refractivity contribution in [1.29, 1.82) is 0 Å². The predicted molar refractivity (Wildman–Crippen MR) is 206 cm³/mol. The lowest BCUT2D eigenvalue weighted by molar-refractivity contribution is -0.152. The maximum atomic E-state index is 12.0. The van der Waals surface area contributed by atoms with Crippen LogP contribution in [0.3, 0.4) is 0 Å². The van der Waals surface area contributed by atoms with Crippen molar-refractivity contribution in [2.45, 2.75) is 174 Å². The van der Waals surface area contributed by atoms with Crippen molar-refractivity contribution in [3.8, 4) is 0 Å². The molecule has 0 saturated heterocycles. The molecule has 2 atom stereocenters. The molecule has 0 aromatic heterocycles. The zero-order chi connectivity index (χ0) is 35.9. The van der Waals surface area contributed by atoms with E-state index in [0.29, 0.717) is 19.3 Å². The molecule has 0 fully saturated rings. The van der Waals surface area contributed by atoms with Crippen molar-refractivity contribution in [2.24, 2.45) is 0 Å². The zero-order valence-electron chi connectivity index (χ0n) is 31.3. The van der Waals surface area contributed by atoms with Crippen LogP contribution in [0, 0.1) is 0 Å². The summed E-state index contributed by atoms with van der Waals surface area (Å²) in [5.74, 6) is -0.742. The summed E-state index contributed by atoms with van der Waals surface area (Å²) in [4.78, 5) is 23.9. The summed E-state index contributed by atoms with van der Waals surface area (Å²) in [5.41, 5.74) is 0. The van der Waals surface area contributed by atoms with Crippen LogP contribution in [-0.4, -0.2) is 47.6 Å². The SMILES string of the molecule is CC/C=C\C/C=C\C/C=C\C/C=C\C=C/C(O)C/C=C\CCC(=O)OC[C@H](O)COC(=O)CCCCCCCCCCCCCCCCC. The molecule has 0 aromatic carbocycles. The average Bonchev–Trinajstić information content (AvgIpc) is 3.09. The fourth-order valence-electron chi connectivity index (χ4n) is 5.08. The van der Waals surface area contributed by atoms with Crippen LogP contribution in [-0.2, 0) is 19.1 Å². The van der Waals surface area contributed by atoms with Crippen LogP contribution in [0.25, 0.3) is 0 Å². The maximum absolute atomic E-state index is 12.0. The van der Waals surface area contributed by atoms with Crippen molar-refractivity contribution < 1.29 is 29.3 Å². The minimum absolute atomic E-state index is 0.170. The lowest BCUT2D eigenvalue weighted by Crippen LogP contribution is -2.25. The lowest BCUT2D eigenvalue weighted by Gasteiger charge is -2.12. The number of esters is 2. The van der Waals surface area contributed by atoms with Crippen molar-refractivity contribution in [3.63, 3.8) is 0 Å². The van der Waals surface area contributed by atoms with Gasteiger partial charge < -0.3 is 19.7 Å². The van der Waals surface area contributed by atoms with Gasteiger partial charge in [0.15, 0.2) is 0 Å². The molecule has 0 bridgehead atoms. The van der Waals surface area contributed by atoms with Gasteiger partial charge in [-0.3, -0.25) is 9.59 Å². The van der Waals surface area contributed by atoms with Gasteiger partial charge in [0.25, 0.3) is 0 Å². The Morgan fingerprint density at radius 2 is 1.00 bits per heavy atom. The van der Waals surface area contributed by atoms with Crippen molar-refractivity contribution in [1.82, 2.24) is 0 Å². The number of rotatable bonds is 34. The van der Waals surface area contributed by atoms with Crippen LogP contribution in [0.5, 0.6) is 0 Å². The molecule has 0 amide bonds. The molecule has 0 aliphatic rings. The standard InChI is InChI=1S/C43H72O6/c1-3-5-7-9-11-13-15-17-18-20-22-24-26-28-32-36-42(46)48-38-41(45)39-49-43(47)37-33-29-31-35-40(44)34-30-27-25-23-21-19-16-14-12-10-8-6-4-2/h6,8,12,14,19,21,25,27,29-31,34,40-41,44-45H,3-5,7,9-11,13,15-18,20,22-24,26,28,32-33,35-39H2,1-2H3/b8-6-,14-12-,21-19-,27-25-,31-29-,34-30-/t40?,41-/m1/s1. The Morgan fingerprint density at radius 1 is 0.531 bits per heavy atom. The number of hydrogen-bond acceptors (Lipinski definition) is 6. The Kier molecular flexibility index (Phi) is 36.0. The third kappa shape index (κ3) is 38.0. The number of aliphatic hydroxyl groups is 2. The van der Waals surface area contributed by atoms with E-state index in [0.717, 1.165) is 44.9 Å². The monoisotopic (exact) mass is 685 g/mol. The molecule has 1 unspecified atom stereocenters. The van der Waals surface area contributed by atoms with E-state index in [2.05, 4.69) is 50.3 Å². The third-order valence-electron chi connectivity index (χ3n) is 8.05. The van der Waals surface area contributed by atoms with Gasteiger partial charge in [-0.2, -0.15) is 0 Å². The highest BCUT2D eigenvalue weighted by Crippen LogP contribution is 2.14. The Hall–Kier alpha value is -2.70. The Labute approximate surface area is 300 Å². The minimum Gasteiger partial charge on any atom is -0.463 e. The quantitative estimate of drug-likeness (QED) is 0.0303. The Bertz CT molecular complexity index is 929. The molecule has 0 radical (unpaired) electrons. The van der Waals surface area contributed by atoms with Crippen LogP contribution in [0.2, 0.25) is 0 Å². The Balaban J connectivity index is 3.67. The highest BCUT2D eigenvalue weighted by molar-refractivity contribution is 5.70. The number of unbranched alkanes of at least 4 members (excludes halogenated alkanes) is 14. The van der Waals surface area contributed by atoms with Crippen molar-refractivity contribution in [2.75, 3.05) is 13.2 Å². The molecule has 6 nitrogen and oxygen atoms in total. The zero-order valence-corrected chi connectivity index (χ0v) is 31.3. The van der Waals surface area contributed by atoms with E-state index in [1.165, 1.54) is 77.0 Å². The molecule has 0 aliphatic carbocycles. The van der Waals surface area contributed by atoms with Gasteiger partial charge in [0.1, 0.15) is 19.3 Å². The number of ether oxygens (including phenoxy) is 2. The molecule has 280 valence electrons. The minimum atomic E-state index is -1.03. The number of hydrogen-bond donors (Lipinski definition) is 2. The Morgan fingerprint density at radius 3 is 1.53 bits per heavy atom. The van der Waals surface area contributed by atoms with E-state index in [4.69, 9.17) is 9.47 Å². The molecule has 49 heavy (non-hydrogen) atoms. The average molecular weight is 685 g/mol. The van der Waals surface area contributed by atoms with Gasteiger partial charge in [-0.05, 0) is 44.9 Å². The van der Waals surface area contributed by atoms with Gasteiger partial charge in [0.05, 0.1) is 6.10 Å². The molecule has 6 heteroatoms. The number of carbonyl (C=O) groups excluding carboxylic acids is 2. The first-order valence-corrected chi connectivity index (χ1v) is 19.6. The van der Waals surface area contributed by atoms with Gasteiger partial charge in [0, 0.05) is 12.8 Å². The van der Waals surface area contributed by atoms with Gasteiger partial charge in [0.2, 0.25) is 0 Å². The summed E-state index contributed by atoms with van der Waals surface area (Å²) in [6.07, 6.45) is 47.0. The second kappa shape index (κ2) is 38.1. The van der Waals surface area contributed by atoms with E-state index in [1.54, 1.807) is 6.08 Å².